The van der Waals surface area contributed by atoms with Crippen LogP contribution in [0, 0.1) is 5.82 Å². The molecule has 0 bridgehead atoms. The molecule has 0 unspecified atom stereocenters. The summed E-state index contributed by atoms with van der Waals surface area (Å²) in [5.74, 6) is -0.869. The van der Waals surface area contributed by atoms with Crippen LogP contribution in [0.25, 0.3) is 0 Å². The van der Waals surface area contributed by atoms with E-state index >= 15 is 0 Å². The number of nitrogens with zero attached hydrogens (tertiary/aromatic N) is 1. The number of hydrogen-bond acceptors (Lipinski definition) is 4. The van der Waals surface area contributed by atoms with Gasteiger partial charge in [-0.05, 0) is 31.5 Å². The number of fused-ring (bicyclic) bond motifs is 1. The Labute approximate surface area is 186 Å². The van der Waals surface area contributed by atoms with Crippen molar-refractivity contribution in [3.8, 4) is 0 Å². The highest BCUT2D eigenvalue weighted by atomic mass is 19.1. The van der Waals surface area contributed by atoms with Crippen molar-refractivity contribution in [1.29, 1.82) is 0 Å². The van der Waals surface area contributed by atoms with Gasteiger partial charge >= 0.3 is 0 Å². The van der Waals surface area contributed by atoms with Crippen LogP contribution in [0.1, 0.15) is 47.8 Å². The zero-order chi connectivity index (χ0) is 22.7. The Hall–Kier alpha value is -3.51. The Morgan fingerprint density at radius 2 is 1.69 bits per heavy atom. The molecule has 0 saturated heterocycles. The van der Waals surface area contributed by atoms with Gasteiger partial charge in [-0.2, -0.15) is 0 Å². The van der Waals surface area contributed by atoms with E-state index in [9.17, 15) is 14.0 Å². The molecule has 6 heteroatoms. The number of nitrogens with one attached hydrogen (secondary N) is 1. The molecule has 1 aliphatic rings. The van der Waals surface area contributed by atoms with Crippen molar-refractivity contribution < 1.29 is 18.8 Å². The number of benzene rings is 3. The molecule has 1 N–H and O–H groups in total. The van der Waals surface area contributed by atoms with Crippen LogP contribution in [0.4, 0.5) is 10.1 Å². The molecule has 0 fully saturated rings. The molecule has 1 aliphatic heterocycles. The van der Waals surface area contributed by atoms with Crippen LogP contribution in [-0.4, -0.2) is 17.2 Å². The van der Waals surface area contributed by atoms with Gasteiger partial charge in [0.25, 0.3) is 0 Å². The molecule has 0 aromatic heterocycles. The number of rotatable bonds is 6. The lowest BCUT2D eigenvalue weighted by Gasteiger charge is -2.36. The predicted molar refractivity (Wildman–Crippen MR) is 120 cm³/mol. The summed E-state index contributed by atoms with van der Waals surface area (Å²) >= 11 is 0. The minimum absolute atomic E-state index is 0.0526. The summed E-state index contributed by atoms with van der Waals surface area (Å²) in [6.45, 7) is 3.63. The number of halogens is 1. The lowest BCUT2D eigenvalue weighted by Crippen LogP contribution is -2.53. The molecular weight excluding hydrogens is 407 g/mol. The largest absolute Gasteiger partial charge is 0.347 e. The Bertz CT molecular complexity index is 1120. The highest BCUT2D eigenvalue weighted by molar-refractivity contribution is 5.98. The Balaban J connectivity index is 1.70. The standard InChI is InChI=1S/C26H25FN2O3/c1-26(2)25(31)28-22(16-24(30)19-11-7-4-8-12-19)21-14-13-20(27)15-23(21)29(26)32-17-18-9-5-3-6-10-18/h3-15,22H,16-17H2,1-2H3,(H,28,31)/t22-/m1/s1. The quantitative estimate of drug-likeness (QED) is 0.558. The summed E-state index contributed by atoms with van der Waals surface area (Å²) in [6, 6.07) is 22.1. The molecule has 0 saturated carbocycles. The van der Waals surface area contributed by atoms with E-state index in [-0.39, 0.29) is 24.7 Å². The Morgan fingerprint density at radius 3 is 2.38 bits per heavy atom. The zero-order valence-corrected chi connectivity index (χ0v) is 18.0. The Kier molecular flexibility index (Phi) is 6.06. The molecule has 4 rings (SSSR count). The minimum Gasteiger partial charge on any atom is -0.347 e. The summed E-state index contributed by atoms with van der Waals surface area (Å²) in [4.78, 5) is 32.2. The maximum absolute atomic E-state index is 14.3. The number of ketones is 1. The second-order valence-electron chi connectivity index (χ2n) is 8.33. The number of amides is 1. The van der Waals surface area contributed by atoms with Gasteiger partial charge in [0.1, 0.15) is 11.4 Å². The van der Waals surface area contributed by atoms with Crippen molar-refractivity contribution in [1.82, 2.24) is 5.32 Å². The molecule has 164 valence electrons. The predicted octanol–water partition coefficient (Wildman–Crippen LogP) is 4.99. The van der Waals surface area contributed by atoms with Crippen LogP contribution in [0.15, 0.2) is 78.9 Å². The van der Waals surface area contributed by atoms with E-state index in [0.29, 0.717) is 16.8 Å². The van der Waals surface area contributed by atoms with Crippen LogP contribution in [0.5, 0.6) is 0 Å². The monoisotopic (exact) mass is 432 g/mol. The molecular formula is C26H25FN2O3. The smallest absolute Gasteiger partial charge is 0.248 e. The van der Waals surface area contributed by atoms with Crippen LogP contribution in [0.3, 0.4) is 0 Å². The van der Waals surface area contributed by atoms with Crippen LogP contribution < -0.4 is 10.4 Å². The van der Waals surface area contributed by atoms with Crippen molar-refractivity contribution in [2.45, 2.75) is 38.5 Å². The van der Waals surface area contributed by atoms with Gasteiger partial charge in [0.05, 0.1) is 18.3 Å². The first-order valence-electron chi connectivity index (χ1n) is 10.5. The number of hydrogen-bond donors (Lipinski definition) is 1. The summed E-state index contributed by atoms with van der Waals surface area (Å²) in [6.07, 6.45) is 0.0526. The number of carbonyl (C=O) groups excluding carboxylic acids is 2. The third kappa shape index (κ3) is 4.41. The molecule has 0 spiro atoms. The van der Waals surface area contributed by atoms with Crippen molar-refractivity contribution in [2.24, 2.45) is 0 Å². The molecule has 0 aliphatic carbocycles. The maximum atomic E-state index is 14.3. The van der Waals surface area contributed by atoms with Gasteiger partial charge in [-0.15, -0.1) is 0 Å². The van der Waals surface area contributed by atoms with Gasteiger partial charge in [0.15, 0.2) is 5.78 Å². The van der Waals surface area contributed by atoms with E-state index < -0.39 is 17.4 Å². The topological polar surface area (TPSA) is 58.6 Å². The first-order chi connectivity index (χ1) is 15.4. The summed E-state index contributed by atoms with van der Waals surface area (Å²) < 4.78 is 14.3. The van der Waals surface area contributed by atoms with Crippen molar-refractivity contribution >= 4 is 17.4 Å². The molecule has 3 aromatic carbocycles. The Morgan fingerprint density at radius 1 is 1.03 bits per heavy atom. The molecule has 0 radical (unpaired) electrons. The van der Waals surface area contributed by atoms with Gasteiger partial charge in [-0.1, -0.05) is 66.7 Å². The highest BCUT2D eigenvalue weighted by Crippen LogP contribution is 2.38. The van der Waals surface area contributed by atoms with Gasteiger partial charge in [-0.25, -0.2) is 9.45 Å². The second kappa shape index (κ2) is 8.93. The number of Topliss-reactive ketones (excluding diaryl/α,β-unsaturated/α-hetero) is 1. The van der Waals surface area contributed by atoms with Crippen molar-refractivity contribution in [2.75, 3.05) is 5.06 Å². The average molecular weight is 432 g/mol. The molecule has 1 heterocycles. The van der Waals surface area contributed by atoms with Gasteiger partial charge in [-0.3, -0.25) is 14.4 Å². The van der Waals surface area contributed by atoms with E-state index in [2.05, 4.69) is 5.32 Å². The fourth-order valence-corrected chi connectivity index (χ4v) is 3.83. The van der Waals surface area contributed by atoms with Crippen molar-refractivity contribution in [3.05, 3.63) is 101 Å². The average Bonchev–Trinajstić information content (AvgIpc) is 2.86. The van der Waals surface area contributed by atoms with E-state index in [1.807, 2.05) is 36.4 Å². The first kappa shape index (κ1) is 21.7. The molecule has 1 amide bonds. The van der Waals surface area contributed by atoms with E-state index in [1.165, 1.54) is 17.2 Å². The van der Waals surface area contributed by atoms with Crippen molar-refractivity contribution in [3.63, 3.8) is 0 Å². The molecule has 5 nitrogen and oxygen atoms in total. The van der Waals surface area contributed by atoms with E-state index in [4.69, 9.17) is 4.84 Å². The first-order valence-corrected chi connectivity index (χ1v) is 10.5. The minimum atomic E-state index is -1.14. The molecule has 1 atom stereocenters. The fourth-order valence-electron chi connectivity index (χ4n) is 3.83. The fraction of sp³-hybridized carbons (Fsp3) is 0.231. The van der Waals surface area contributed by atoms with Crippen LogP contribution in [0.2, 0.25) is 0 Å². The SMILES string of the molecule is CC1(C)C(=O)N[C@H](CC(=O)c2ccccc2)c2ccc(F)cc2N1OCc1ccccc1. The number of carbonyl (C=O) groups is 2. The number of hydroxylamine groups is 1. The van der Waals surface area contributed by atoms with Gasteiger partial charge in [0.2, 0.25) is 5.91 Å². The van der Waals surface area contributed by atoms with Gasteiger partial charge < -0.3 is 5.32 Å². The van der Waals surface area contributed by atoms with Gasteiger partial charge in [0, 0.05) is 17.5 Å². The lowest BCUT2D eigenvalue weighted by atomic mass is 9.96. The maximum Gasteiger partial charge on any atom is 0.248 e. The van der Waals surface area contributed by atoms with Crippen LogP contribution >= 0.6 is 0 Å². The third-order valence-electron chi connectivity index (χ3n) is 5.64. The van der Waals surface area contributed by atoms with E-state index in [1.54, 1.807) is 44.2 Å². The number of anilines is 1. The zero-order valence-electron chi connectivity index (χ0n) is 18.0. The molecule has 32 heavy (non-hydrogen) atoms. The summed E-state index contributed by atoms with van der Waals surface area (Å²) in [5.41, 5.74) is 1.40. The third-order valence-corrected chi connectivity index (χ3v) is 5.64. The highest BCUT2D eigenvalue weighted by Gasteiger charge is 2.42. The summed E-state index contributed by atoms with van der Waals surface area (Å²) in [5, 5.41) is 4.43. The summed E-state index contributed by atoms with van der Waals surface area (Å²) in [7, 11) is 0. The normalized spacial score (nSPS) is 17.3. The van der Waals surface area contributed by atoms with Crippen LogP contribution in [-0.2, 0) is 16.2 Å². The lowest BCUT2D eigenvalue weighted by molar-refractivity contribution is -0.129. The van der Waals surface area contributed by atoms with E-state index in [0.717, 1.165) is 5.56 Å². The second-order valence-corrected chi connectivity index (χ2v) is 8.33. The molecule has 3 aromatic rings.